The van der Waals surface area contributed by atoms with Gasteiger partial charge < -0.3 is 4.57 Å². The van der Waals surface area contributed by atoms with Gasteiger partial charge in [-0.15, -0.1) is 17.9 Å². The number of benzene rings is 2. The van der Waals surface area contributed by atoms with Gasteiger partial charge in [0.15, 0.2) is 4.80 Å². The highest BCUT2D eigenvalue weighted by Crippen LogP contribution is 2.21. The minimum Gasteiger partial charge on any atom is -0.313 e. The molecule has 3 aromatic rings. The average molecular weight is 324 g/mol. The number of allylic oxidation sites excluding steroid dienone is 1. The van der Waals surface area contributed by atoms with Gasteiger partial charge in [0.2, 0.25) is 0 Å². The van der Waals surface area contributed by atoms with Gasteiger partial charge in [0.05, 0.1) is 11.4 Å². The number of aryl methyl sites for hydroxylation is 1. The van der Waals surface area contributed by atoms with E-state index in [9.17, 15) is 4.39 Å². The van der Waals surface area contributed by atoms with E-state index in [1.165, 1.54) is 17.7 Å². The van der Waals surface area contributed by atoms with Crippen molar-refractivity contribution in [2.24, 2.45) is 4.99 Å². The molecule has 0 atom stereocenters. The summed E-state index contributed by atoms with van der Waals surface area (Å²) in [5.41, 5.74) is 4.11. The molecule has 2 aromatic carbocycles. The molecule has 2 nitrogen and oxygen atoms in total. The first kappa shape index (κ1) is 15.4. The van der Waals surface area contributed by atoms with Crippen molar-refractivity contribution >= 4 is 17.0 Å². The molecule has 1 aromatic heterocycles. The summed E-state index contributed by atoms with van der Waals surface area (Å²) in [6.45, 7) is 6.54. The van der Waals surface area contributed by atoms with Crippen molar-refractivity contribution in [2.45, 2.75) is 13.5 Å². The quantitative estimate of drug-likeness (QED) is 0.595. The zero-order chi connectivity index (χ0) is 16.2. The van der Waals surface area contributed by atoms with Gasteiger partial charge >= 0.3 is 0 Å². The summed E-state index contributed by atoms with van der Waals surface area (Å²) >= 11 is 1.57. The number of rotatable bonds is 4. The van der Waals surface area contributed by atoms with Crippen LogP contribution in [0, 0.1) is 12.7 Å². The van der Waals surface area contributed by atoms with Gasteiger partial charge in [-0.1, -0.05) is 23.8 Å². The molecule has 0 bridgehead atoms. The van der Waals surface area contributed by atoms with Crippen LogP contribution in [0.1, 0.15) is 5.56 Å². The van der Waals surface area contributed by atoms with E-state index in [4.69, 9.17) is 4.99 Å². The summed E-state index contributed by atoms with van der Waals surface area (Å²) in [7, 11) is 0. The SMILES string of the molecule is C=CCn1c(-c2ccc(F)cc2)csc1=Nc1ccc(C)cc1. The Kier molecular flexibility index (Phi) is 4.53. The highest BCUT2D eigenvalue weighted by Gasteiger charge is 2.07. The second-order valence-corrected chi connectivity index (χ2v) is 6.09. The van der Waals surface area contributed by atoms with Crippen molar-refractivity contribution in [3.63, 3.8) is 0 Å². The molecule has 0 spiro atoms. The third-order valence-corrected chi connectivity index (χ3v) is 4.37. The van der Waals surface area contributed by atoms with E-state index >= 15 is 0 Å². The maximum absolute atomic E-state index is 13.1. The van der Waals surface area contributed by atoms with Gasteiger partial charge in [-0.05, 0) is 48.9 Å². The van der Waals surface area contributed by atoms with E-state index in [1.807, 2.05) is 35.7 Å². The average Bonchev–Trinajstić information content (AvgIpc) is 2.94. The summed E-state index contributed by atoms with van der Waals surface area (Å²) in [6, 6.07) is 14.6. The first-order valence-corrected chi connectivity index (χ1v) is 8.22. The van der Waals surface area contributed by atoms with Crippen molar-refractivity contribution in [1.82, 2.24) is 4.57 Å². The summed E-state index contributed by atoms with van der Waals surface area (Å²) in [4.78, 5) is 5.62. The van der Waals surface area contributed by atoms with Crippen LogP contribution >= 0.6 is 11.3 Å². The second kappa shape index (κ2) is 6.75. The lowest BCUT2D eigenvalue weighted by Crippen LogP contribution is -2.14. The number of nitrogens with zero attached hydrogens (tertiary/aromatic N) is 2. The van der Waals surface area contributed by atoms with Crippen molar-refractivity contribution in [3.8, 4) is 11.3 Å². The fourth-order valence-corrected chi connectivity index (χ4v) is 3.24. The smallest absolute Gasteiger partial charge is 0.190 e. The Morgan fingerprint density at radius 1 is 1.13 bits per heavy atom. The molecule has 0 saturated heterocycles. The lowest BCUT2D eigenvalue weighted by atomic mass is 10.2. The third kappa shape index (κ3) is 3.48. The Hall–Kier alpha value is -2.46. The van der Waals surface area contributed by atoms with Gasteiger partial charge in [0.1, 0.15) is 5.82 Å². The van der Waals surface area contributed by atoms with Crippen LogP contribution in [0.15, 0.2) is 71.6 Å². The Labute approximate surface area is 138 Å². The minimum absolute atomic E-state index is 0.233. The van der Waals surface area contributed by atoms with Crippen molar-refractivity contribution < 1.29 is 4.39 Å². The van der Waals surface area contributed by atoms with Gasteiger partial charge in [0.25, 0.3) is 0 Å². The minimum atomic E-state index is -0.233. The first-order chi connectivity index (χ1) is 11.2. The van der Waals surface area contributed by atoms with Crippen LogP contribution in [0.4, 0.5) is 10.1 Å². The summed E-state index contributed by atoms with van der Waals surface area (Å²) in [5, 5.41) is 2.05. The molecule has 0 N–H and O–H groups in total. The summed E-state index contributed by atoms with van der Waals surface area (Å²) < 4.78 is 15.2. The van der Waals surface area contributed by atoms with E-state index in [2.05, 4.69) is 18.1 Å². The highest BCUT2D eigenvalue weighted by atomic mass is 32.1. The number of hydrogen-bond donors (Lipinski definition) is 0. The number of aromatic nitrogens is 1. The van der Waals surface area contributed by atoms with Gasteiger partial charge in [-0.3, -0.25) is 0 Å². The zero-order valence-corrected chi connectivity index (χ0v) is 13.7. The van der Waals surface area contributed by atoms with Crippen LogP contribution in [0.2, 0.25) is 0 Å². The van der Waals surface area contributed by atoms with E-state index in [0.717, 1.165) is 21.7 Å². The number of thiazole rings is 1. The molecule has 0 radical (unpaired) electrons. The predicted octanol–water partition coefficient (Wildman–Crippen LogP) is 5.08. The maximum Gasteiger partial charge on any atom is 0.190 e. The van der Waals surface area contributed by atoms with Crippen molar-refractivity contribution in [1.29, 1.82) is 0 Å². The molecule has 3 rings (SSSR count). The van der Waals surface area contributed by atoms with Crippen LogP contribution in [0.25, 0.3) is 11.3 Å². The molecule has 0 fully saturated rings. The molecule has 116 valence electrons. The van der Waals surface area contributed by atoms with E-state index in [1.54, 1.807) is 23.5 Å². The monoisotopic (exact) mass is 324 g/mol. The molecular weight excluding hydrogens is 307 g/mol. The van der Waals surface area contributed by atoms with E-state index in [-0.39, 0.29) is 5.82 Å². The molecule has 0 aliphatic rings. The summed E-state index contributed by atoms with van der Waals surface area (Å²) in [5.74, 6) is -0.233. The van der Waals surface area contributed by atoms with Crippen molar-refractivity contribution in [3.05, 3.63) is 82.7 Å². The molecule has 1 heterocycles. The Balaban J connectivity index is 2.09. The molecule has 0 unspecified atom stereocenters. The van der Waals surface area contributed by atoms with Crippen LogP contribution in [0.5, 0.6) is 0 Å². The Bertz CT molecular complexity index is 871. The molecule has 23 heavy (non-hydrogen) atoms. The normalized spacial score (nSPS) is 11.7. The van der Waals surface area contributed by atoms with Crippen LogP contribution < -0.4 is 4.80 Å². The van der Waals surface area contributed by atoms with Gasteiger partial charge in [-0.2, -0.15) is 0 Å². The van der Waals surface area contributed by atoms with Gasteiger partial charge in [-0.25, -0.2) is 9.38 Å². The van der Waals surface area contributed by atoms with Crippen LogP contribution in [0.3, 0.4) is 0 Å². The Morgan fingerprint density at radius 3 is 2.48 bits per heavy atom. The predicted molar refractivity (Wildman–Crippen MR) is 94.3 cm³/mol. The van der Waals surface area contributed by atoms with Crippen LogP contribution in [-0.4, -0.2) is 4.57 Å². The molecule has 0 aliphatic carbocycles. The first-order valence-electron chi connectivity index (χ1n) is 7.34. The lowest BCUT2D eigenvalue weighted by Gasteiger charge is -2.06. The largest absolute Gasteiger partial charge is 0.313 e. The fraction of sp³-hybridized carbons (Fsp3) is 0.105. The van der Waals surface area contributed by atoms with Crippen LogP contribution in [-0.2, 0) is 6.54 Å². The molecule has 0 amide bonds. The molecular formula is C19H17FN2S. The topological polar surface area (TPSA) is 17.3 Å². The molecule has 0 saturated carbocycles. The fourth-order valence-electron chi connectivity index (χ4n) is 2.31. The molecule has 0 aliphatic heterocycles. The second-order valence-electron chi connectivity index (χ2n) is 5.26. The number of halogens is 1. The lowest BCUT2D eigenvalue weighted by molar-refractivity contribution is 0.628. The van der Waals surface area contributed by atoms with E-state index in [0.29, 0.717) is 6.54 Å². The van der Waals surface area contributed by atoms with Crippen molar-refractivity contribution in [2.75, 3.05) is 0 Å². The van der Waals surface area contributed by atoms with Gasteiger partial charge in [0, 0.05) is 11.9 Å². The third-order valence-electron chi connectivity index (χ3n) is 3.51. The number of hydrogen-bond acceptors (Lipinski definition) is 2. The summed E-state index contributed by atoms with van der Waals surface area (Å²) in [6.07, 6.45) is 1.84. The standard InChI is InChI=1S/C19H17FN2S/c1-3-12-22-18(15-6-8-16(20)9-7-15)13-23-19(22)21-17-10-4-14(2)5-11-17/h3-11,13H,1,12H2,2H3. The van der Waals surface area contributed by atoms with E-state index < -0.39 is 0 Å². The molecule has 4 heteroatoms. The highest BCUT2D eigenvalue weighted by molar-refractivity contribution is 7.07. The Morgan fingerprint density at radius 2 is 1.83 bits per heavy atom. The zero-order valence-electron chi connectivity index (χ0n) is 12.9. The maximum atomic E-state index is 13.1.